The lowest BCUT2D eigenvalue weighted by atomic mass is 9.98. The lowest BCUT2D eigenvalue weighted by Crippen LogP contribution is -2.47. The van der Waals surface area contributed by atoms with Crippen LogP contribution >= 0.6 is 0 Å². The maximum Gasteiger partial charge on any atom is 0.328 e. The van der Waals surface area contributed by atoms with Crippen molar-refractivity contribution in [1.82, 2.24) is 25.1 Å². The third-order valence-corrected chi connectivity index (χ3v) is 6.23. The van der Waals surface area contributed by atoms with Crippen LogP contribution in [0.5, 0.6) is 0 Å². The molecule has 1 fully saturated rings. The molecule has 2 unspecified atom stereocenters. The predicted octanol–water partition coefficient (Wildman–Crippen LogP) is 3.25. The Morgan fingerprint density at radius 3 is 2.69 bits per heavy atom. The van der Waals surface area contributed by atoms with Crippen molar-refractivity contribution in [3.05, 3.63) is 66.2 Å². The summed E-state index contributed by atoms with van der Waals surface area (Å²) in [4.78, 5) is 49.1. The number of amides is 3. The molecule has 0 saturated carbocycles. The minimum atomic E-state index is -0.762. The van der Waals surface area contributed by atoms with Gasteiger partial charge in [0, 0.05) is 12.7 Å². The number of methoxy groups -OCH3 is 1. The van der Waals surface area contributed by atoms with E-state index in [4.69, 9.17) is 4.74 Å². The highest BCUT2D eigenvalue weighted by molar-refractivity contribution is 5.91. The molecule has 0 spiro atoms. The molecule has 9 nitrogen and oxygen atoms in total. The number of hydrogen-bond acceptors (Lipinski definition) is 5. The number of carbonyl (C=O) groups is 3. The van der Waals surface area contributed by atoms with Gasteiger partial charge in [-0.15, -0.1) is 0 Å². The number of ether oxygens (including phenoxy) is 1. The number of esters is 1. The molecule has 2 aromatic carbocycles. The number of fused-ring (bicyclic) bond motifs is 1. The van der Waals surface area contributed by atoms with Gasteiger partial charge in [0.25, 0.3) is 0 Å². The first-order chi connectivity index (χ1) is 16.9. The largest absolute Gasteiger partial charge is 0.467 e. The van der Waals surface area contributed by atoms with Crippen LogP contribution in [-0.4, -0.2) is 63.9 Å². The maximum atomic E-state index is 13.5. The Bertz CT molecular complexity index is 1190. The standard InChI is InChI=1S/C26H31N5O4/c1-17(2)11-22(25(33)35-3)29-24(32)15-31-23(14-30(26(31)34)13-19-12-27-16-28-19)21-10-6-8-18-7-4-5-9-20(18)21/h4-10,12,16-17,22-23H,11,13-15H2,1-3H3,(H,27,28)(H,29,32). The van der Waals surface area contributed by atoms with Crippen molar-refractivity contribution in [2.75, 3.05) is 20.2 Å². The Morgan fingerprint density at radius 1 is 1.20 bits per heavy atom. The molecule has 184 valence electrons. The van der Waals surface area contributed by atoms with Gasteiger partial charge in [0.1, 0.15) is 12.6 Å². The van der Waals surface area contributed by atoms with E-state index >= 15 is 0 Å². The fraction of sp³-hybridized carbons (Fsp3) is 0.385. The molecule has 2 N–H and O–H groups in total. The molecular formula is C26H31N5O4. The molecule has 1 saturated heterocycles. The van der Waals surface area contributed by atoms with Crippen LogP contribution in [0.1, 0.15) is 37.6 Å². The molecule has 0 aliphatic carbocycles. The number of rotatable bonds is 9. The van der Waals surface area contributed by atoms with E-state index in [9.17, 15) is 14.4 Å². The summed E-state index contributed by atoms with van der Waals surface area (Å²) in [6, 6.07) is 12.7. The number of H-pyrrole nitrogens is 1. The molecule has 4 rings (SSSR count). The summed E-state index contributed by atoms with van der Waals surface area (Å²) in [6.45, 7) is 4.55. The first-order valence-electron chi connectivity index (χ1n) is 11.7. The monoisotopic (exact) mass is 477 g/mol. The van der Waals surface area contributed by atoms with Gasteiger partial charge >= 0.3 is 12.0 Å². The summed E-state index contributed by atoms with van der Waals surface area (Å²) >= 11 is 0. The van der Waals surface area contributed by atoms with Gasteiger partial charge in [-0.1, -0.05) is 56.3 Å². The van der Waals surface area contributed by atoms with Crippen molar-refractivity contribution in [2.24, 2.45) is 5.92 Å². The Hall–Kier alpha value is -3.88. The second kappa shape index (κ2) is 10.6. The Morgan fingerprint density at radius 2 is 1.97 bits per heavy atom. The maximum absolute atomic E-state index is 13.5. The van der Waals surface area contributed by atoms with Gasteiger partial charge in [-0.25, -0.2) is 14.6 Å². The second-order valence-corrected chi connectivity index (χ2v) is 9.22. The molecule has 3 amide bonds. The van der Waals surface area contributed by atoms with Gasteiger partial charge in [0.2, 0.25) is 5.91 Å². The molecular weight excluding hydrogens is 446 g/mol. The van der Waals surface area contributed by atoms with Crippen LogP contribution in [0.25, 0.3) is 10.8 Å². The van der Waals surface area contributed by atoms with E-state index in [1.54, 1.807) is 22.3 Å². The second-order valence-electron chi connectivity index (χ2n) is 9.22. The first kappa shape index (κ1) is 24.3. The van der Waals surface area contributed by atoms with Crippen LogP contribution in [-0.2, 0) is 20.9 Å². The highest BCUT2D eigenvalue weighted by Gasteiger charge is 2.40. The van der Waals surface area contributed by atoms with Gasteiger partial charge in [-0.2, -0.15) is 0 Å². The molecule has 2 heterocycles. The van der Waals surface area contributed by atoms with Crippen LogP contribution < -0.4 is 5.32 Å². The lowest BCUT2D eigenvalue weighted by molar-refractivity contribution is -0.145. The van der Waals surface area contributed by atoms with Crippen LogP contribution in [0, 0.1) is 5.92 Å². The van der Waals surface area contributed by atoms with Crippen LogP contribution in [0.3, 0.4) is 0 Å². The topological polar surface area (TPSA) is 108 Å². The summed E-state index contributed by atoms with van der Waals surface area (Å²) in [5.41, 5.74) is 1.78. The van der Waals surface area contributed by atoms with Gasteiger partial charge in [-0.05, 0) is 28.7 Å². The summed E-state index contributed by atoms with van der Waals surface area (Å²) in [7, 11) is 1.30. The number of aromatic nitrogens is 2. The summed E-state index contributed by atoms with van der Waals surface area (Å²) < 4.78 is 4.87. The zero-order valence-corrected chi connectivity index (χ0v) is 20.2. The van der Waals surface area contributed by atoms with Crippen molar-refractivity contribution in [3.63, 3.8) is 0 Å². The molecule has 35 heavy (non-hydrogen) atoms. The molecule has 2 atom stereocenters. The number of imidazole rings is 1. The number of urea groups is 1. The van der Waals surface area contributed by atoms with Crippen LogP contribution in [0.15, 0.2) is 55.0 Å². The zero-order chi connectivity index (χ0) is 24.9. The highest BCUT2D eigenvalue weighted by atomic mass is 16.5. The van der Waals surface area contributed by atoms with Crippen molar-refractivity contribution in [3.8, 4) is 0 Å². The van der Waals surface area contributed by atoms with E-state index < -0.39 is 17.9 Å². The van der Waals surface area contributed by atoms with Crippen molar-refractivity contribution >= 4 is 28.7 Å². The van der Waals surface area contributed by atoms with Crippen molar-refractivity contribution < 1.29 is 19.1 Å². The van der Waals surface area contributed by atoms with E-state index in [1.807, 2.05) is 56.3 Å². The number of nitrogens with one attached hydrogen (secondary N) is 2. The van der Waals surface area contributed by atoms with Crippen LogP contribution in [0.2, 0.25) is 0 Å². The number of aromatic amines is 1. The fourth-order valence-electron chi connectivity index (χ4n) is 4.62. The number of benzene rings is 2. The lowest BCUT2D eigenvalue weighted by Gasteiger charge is -2.25. The molecule has 9 heteroatoms. The Labute approximate surface area is 204 Å². The Balaban J connectivity index is 1.61. The molecule has 1 aliphatic rings. The average molecular weight is 478 g/mol. The van der Waals surface area contributed by atoms with Gasteiger partial charge in [0.05, 0.1) is 31.7 Å². The summed E-state index contributed by atoms with van der Waals surface area (Å²) in [6.07, 6.45) is 3.71. The van der Waals surface area contributed by atoms with E-state index in [2.05, 4.69) is 15.3 Å². The van der Waals surface area contributed by atoms with Crippen molar-refractivity contribution in [2.45, 2.75) is 38.9 Å². The van der Waals surface area contributed by atoms with Crippen LogP contribution in [0.4, 0.5) is 4.79 Å². The Kier molecular flexibility index (Phi) is 7.33. The first-order valence-corrected chi connectivity index (χ1v) is 11.7. The van der Waals surface area contributed by atoms with Crippen molar-refractivity contribution in [1.29, 1.82) is 0 Å². The predicted molar refractivity (Wildman–Crippen MR) is 131 cm³/mol. The van der Waals surface area contributed by atoms with Gasteiger partial charge < -0.3 is 24.8 Å². The third-order valence-electron chi connectivity index (χ3n) is 6.23. The van der Waals surface area contributed by atoms with Gasteiger partial charge in [-0.3, -0.25) is 4.79 Å². The quantitative estimate of drug-likeness (QED) is 0.460. The van der Waals surface area contributed by atoms with E-state index in [-0.39, 0.29) is 24.5 Å². The van der Waals surface area contributed by atoms with E-state index in [1.165, 1.54) is 7.11 Å². The molecule has 0 bridgehead atoms. The molecule has 0 radical (unpaired) electrons. The fourth-order valence-corrected chi connectivity index (χ4v) is 4.62. The number of nitrogens with zero attached hydrogens (tertiary/aromatic N) is 3. The normalized spacial score (nSPS) is 16.7. The number of hydrogen-bond donors (Lipinski definition) is 2. The smallest absolute Gasteiger partial charge is 0.328 e. The zero-order valence-electron chi connectivity index (χ0n) is 20.2. The molecule has 1 aliphatic heterocycles. The summed E-state index contributed by atoms with van der Waals surface area (Å²) in [5.74, 6) is -0.713. The summed E-state index contributed by atoms with van der Waals surface area (Å²) in [5, 5.41) is 4.88. The van der Waals surface area contributed by atoms with E-state index in [0.29, 0.717) is 19.5 Å². The number of carbonyl (C=O) groups excluding carboxylic acids is 3. The molecule has 3 aromatic rings. The van der Waals surface area contributed by atoms with Gasteiger partial charge in [0.15, 0.2) is 0 Å². The minimum Gasteiger partial charge on any atom is -0.467 e. The SMILES string of the molecule is COC(=O)C(CC(C)C)NC(=O)CN1C(=O)N(Cc2cnc[nH]2)CC1c1cccc2ccccc12. The third kappa shape index (κ3) is 5.45. The van der Waals surface area contributed by atoms with E-state index in [0.717, 1.165) is 22.0 Å². The molecule has 1 aromatic heterocycles. The minimum absolute atomic E-state index is 0.169. The highest BCUT2D eigenvalue weighted by Crippen LogP contribution is 2.34. The average Bonchev–Trinajstić information content (AvgIpc) is 3.46.